The summed E-state index contributed by atoms with van der Waals surface area (Å²) in [6.07, 6.45) is 2.35. The maximum absolute atomic E-state index is 12.0. The molecule has 0 aliphatic carbocycles. The molecule has 24 heavy (non-hydrogen) atoms. The van der Waals surface area contributed by atoms with Crippen LogP contribution < -0.4 is 10.9 Å². The van der Waals surface area contributed by atoms with Gasteiger partial charge in [-0.1, -0.05) is 32.4 Å². The molecule has 0 aliphatic heterocycles. The summed E-state index contributed by atoms with van der Waals surface area (Å²) >= 11 is 0. The van der Waals surface area contributed by atoms with Gasteiger partial charge in [0.05, 0.1) is 23.6 Å². The second-order valence-electron chi connectivity index (χ2n) is 6.13. The van der Waals surface area contributed by atoms with E-state index in [1.807, 2.05) is 19.9 Å². The molecule has 2 aromatic rings. The summed E-state index contributed by atoms with van der Waals surface area (Å²) in [5, 5.41) is 12.8. The van der Waals surface area contributed by atoms with Crippen LogP contribution in [-0.2, 0) is 11.2 Å². The lowest BCUT2D eigenvalue weighted by atomic mass is 9.99. The predicted molar refractivity (Wildman–Crippen MR) is 93.8 cm³/mol. The SMILES string of the molecule is CC[C@H](C)[C@@H](CO)NC(=O)CCCc1nc2ccccc2c(=O)[nH]1. The second-order valence-corrected chi connectivity index (χ2v) is 6.13. The van der Waals surface area contributed by atoms with Gasteiger partial charge in [0, 0.05) is 12.8 Å². The number of hydrogen-bond acceptors (Lipinski definition) is 4. The smallest absolute Gasteiger partial charge is 0.258 e. The third-order valence-electron chi connectivity index (χ3n) is 4.35. The molecule has 0 fully saturated rings. The molecular formula is C18H25N3O3. The zero-order chi connectivity index (χ0) is 17.5. The highest BCUT2D eigenvalue weighted by molar-refractivity contribution is 5.77. The molecule has 0 unspecified atom stereocenters. The van der Waals surface area contributed by atoms with Gasteiger partial charge in [-0.3, -0.25) is 9.59 Å². The number of hydrogen-bond donors (Lipinski definition) is 3. The zero-order valence-corrected chi connectivity index (χ0v) is 14.2. The minimum atomic E-state index is -0.207. The monoisotopic (exact) mass is 331 g/mol. The largest absolute Gasteiger partial charge is 0.394 e. The normalized spacial score (nSPS) is 13.6. The molecule has 0 aliphatic rings. The van der Waals surface area contributed by atoms with Crippen LogP contribution in [0.25, 0.3) is 10.9 Å². The van der Waals surface area contributed by atoms with Crippen LogP contribution in [0.3, 0.4) is 0 Å². The molecular weight excluding hydrogens is 306 g/mol. The molecule has 0 saturated heterocycles. The van der Waals surface area contributed by atoms with E-state index >= 15 is 0 Å². The van der Waals surface area contributed by atoms with Crippen LogP contribution in [0.4, 0.5) is 0 Å². The third-order valence-corrected chi connectivity index (χ3v) is 4.35. The molecule has 2 atom stereocenters. The Kier molecular flexibility index (Phi) is 6.49. The molecule has 6 heteroatoms. The summed E-state index contributed by atoms with van der Waals surface area (Å²) in [5.41, 5.74) is 0.509. The molecule has 0 bridgehead atoms. The summed E-state index contributed by atoms with van der Waals surface area (Å²) in [6, 6.07) is 6.98. The standard InChI is InChI=1S/C18H25N3O3/c1-3-12(2)15(11-22)20-17(23)10-6-9-16-19-14-8-5-4-7-13(14)18(24)21-16/h4-5,7-8,12,15,22H,3,6,9-11H2,1-2H3,(H,20,23)(H,19,21,24)/t12-,15+/m0/s1. The fraction of sp³-hybridized carbons (Fsp3) is 0.500. The zero-order valence-electron chi connectivity index (χ0n) is 14.2. The third kappa shape index (κ3) is 4.64. The molecule has 1 aromatic heterocycles. The van der Waals surface area contributed by atoms with E-state index < -0.39 is 0 Å². The lowest BCUT2D eigenvalue weighted by molar-refractivity contribution is -0.122. The number of aromatic amines is 1. The minimum Gasteiger partial charge on any atom is -0.394 e. The molecule has 0 radical (unpaired) electrons. The van der Waals surface area contributed by atoms with Crippen molar-refractivity contribution in [3.63, 3.8) is 0 Å². The Hall–Kier alpha value is -2.21. The molecule has 130 valence electrons. The number of H-pyrrole nitrogens is 1. The van der Waals surface area contributed by atoms with Crippen molar-refractivity contribution in [1.29, 1.82) is 0 Å². The first-order valence-electron chi connectivity index (χ1n) is 8.43. The Morgan fingerprint density at radius 2 is 2.12 bits per heavy atom. The number of amides is 1. The first-order valence-corrected chi connectivity index (χ1v) is 8.43. The van der Waals surface area contributed by atoms with E-state index in [0.717, 1.165) is 6.42 Å². The number of benzene rings is 1. The number of aryl methyl sites for hydroxylation is 1. The fourth-order valence-corrected chi connectivity index (χ4v) is 2.60. The number of aliphatic hydroxyl groups excluding tert-OH is 1. The second kappa shape index (κ2) is 8.59. The van der Waals surface area contributed by atoms with Crippen molar-refractivity contribution in [3.05, 3.63) is 40.4 Å². The topological polar surface area (TPSA) is 95.1 Å². The van der Waals surface area contributed by atoms with Crippen molar-refractivity contribution in [2.24, 2.45) is 5.92 Å². The first kappa shape index (κ1) is 18.1. The molecule has 1 amide bonds. The van der Waals surface area contributed by atoms with Gasteiger partial charge in [-0.15, -0.1) is 0 Å². The quantitative estimate of drug-likeness (QED) is 0.687. The van der Waals surface area contributed by atoms with Gasteiger partial charge in [-0.25, -0.2) is 4.98 Å². The van der Waals surface area contributed by atoms with E-state index in [4.69, 9.17) is 0 Å². The summed E-state index contributed by atoms with van der Waals surface area (Å²) in [5.74, 6) is 0.738. The van der Waals surface area contributed by atoms with Crippen LogP contribution in [0, 0.1) is 5.92 Å². The van der Waals surface area contributed by atoms with Crippen LogP contribution in [0.1, 0.15) is 38.9 Å². The number of nitrogens with one attached hydrogen (secondary N) is 2. The van der Waals surface area contributed by atoms with Crippen molar-refractivity contribution in [3.8, 4) is 0 Å². The number of carbonyl (C=O) groups is 1. The lowest BCUT2D eigenvalue weighted by Crippen LogP contribution is -2.41. The molecule has 2 rings (SSSR count). The van der Waals surface area contributed by atoms with Gasteiger partial charge >= 0.3 is 0 Å². The van der Waals surface area contributed by atoms with E-state index in [2.05, 4.69) is 15.3 Å². The fourth-order valence-electron chi connectivity index (χ4n) is 2.60. The van der Waals surface area contributed by atoms with Gasteiger partial charge < -0.3 is 15.4 Å². The molecule has 1 heterocycles. The average Bonchev–Trinajstić information content (AvgIpc) is 2.59. The number of aliphatic hydroxyl groups is 1. The van der Waals surface area contributed by atoms with E-state index in [1.54, 1.807) is 18.2 Å². The van der Waals surface area contributed by atoms with Crippen LogP contribution >= 0.6 is 0 Å². The summed E-state index contributed by atoms with van der Waals surface area (Å²) in [7, 11) is 0. The van der Waals surface area contributed by atoms with Gasteiger partial charge in [0.25, 0.3) is 5.56 Å². The summed E-state index contributed by atoms with van der Waals surface area (Å²) in [6.45, 7) is 3.98. The van der Waals surface area contributed by atoms with Crippen molar-refractivity contribution < 1.29 is 9.90 Å². The average molecular weight is 331 g/mol. The van der Waals surface area contributed by atoms with E-state index in [0.29, 0.717) is 36.0 Å². The number of rotatable bonds is 8. The van der Waals surface area contributed by atoms with Gasteiger partial charge in [-0.2, -0.15) is 0 Å². The lowest BCUT2D eigenvalue weighted by Gasteiger charge is -2.22. The number of nitrogens with zero attached hydrogens (tertiary/aromatic N) is 1. The Balaban J connectivity index is 1.90. The van der Waals surface area contributed by atoms with Crippen molar-refractivity contribution >= 4 is 16.8 Å². The van der Waals surface area contributed by atoms with Gasteiger partial charge in [-0.05, 0) is 24.5 Å². The first-order chi connectivity index (χ1) is 11.5. The van der Waals surface area contributed by atoms with Crippen molar-refractivity contribution in [2.75, 3.05) is 6.61 Å². The van der Waals surface area contributed by atoms with Crippen LogP contribution in [0.15, 0.2) is 29.1 Å². The highest BCUT2D eigenvalue weighted by Crippen LogP contribution is 2.09. The maximum Gasteiger partial charge on any atom is 0.258 e. The Morgan fingerprint density at radius 1 is 1.38 bits per heavy atom. The van der Waals surface area contributed by atoms with Crippen LogP contribution in [-0.4, -0.2) is 33.6 Å². The van der Waals surface area contributed by atoms with E-state index in [1.165, 1.54) is 0 Å². The molecule has 0 saturated carbocycles. The molecule has 3 N–H and O–H groups in total. The highest BCUT2D eigenvalue weighted by Gasteiger charge is 2.17. The Morgan fingerprint density at radius 3 is 2.83 bits per heavy atom. The highest BCUT2D eigenvalue weighted by atomic mass is 16.3. The van der Waals surface area contributed by atoms with Gasteiger partial charge in [0.2, 0.25) is 5.91 Å². The van der Waals surface area contributed by atoms with Crippen molar-refractivity contribution in [1.82, 2.24) is 15.3 Å². The Labute approximate surface area is 141 Å². The molecule has 6 nitrogen and oxygen atoms in total. The van der Waals surface area contributed by atoms with Gasteiger partial charge in [0.1, 0.15) is 5.82 Å². The van der Waals surface area contributed by atoms with Gasteiger partial charge in [0.15, 0.2) is 0 Å². The van der Waals surface area contributed by atoms with E-state index in [9.17, 15) is 14.7 Å². The minimum absolute atomic E-state index is 0.0553. The van der Waals surface area contributed by atoms with Crippen LogP contribution in [0.2, 0.25) is 0 Å². The summed E-state index contributed by atoms with van der Waals surface area (Å²) < 4.78 is 0. The molecule has 0 spiro atoms. The number of carbonyl (C=O) groups excluding carboxylic acids is 1. The van der Waals surface area contributed by atoms with Crippen LogP contribution in [0.5, 0.6) is 0 Å². The van der Waals surface area contributed by atoms with Crippen molar-refractivity contribution in [2.45, 2.75) is 45.6 Å². The Bertz CT molecular complexity index is 742. The predicted octanol–water partition coefficient (Wildman–Crippen LogP) is 1.77. The summed E-state index contributed by atoms with van der Waals surface area (Å²) in [4.78, 5) is 31.2. The number of aromatic nitrogens is 2. The number of fused-ring (bicyclic) bond motifs is 1. The number of para-hydroxylation sites is 1. The maximum atomic E-state index is 12.0. The molecule has 1 aromatic carbocycles. The van der Waals surface area contributed by atoms with E-state index in [-0.39, 0.29) is 30.0 Å².